The molecule has 1 amide bonds. The van der Waals surface area contributed by atoms with Gasteiger partial charge in [-0.15, -0.1) is 0 Å². The first-order valence-electron chi connectivity index (χ1n) is 11.9. The molecule has 3 aromatic rings. The van der Waals surface area contributed by atoms with Gasteiger partial charge in [-0.3, -0.25) is 14.4 Å². The van der Waals surface area contributed by atoms with Crippen molar-refractivity contribution in [3.63, 3.8) is 0 Å². The van der Waals surface area contributed by atoms with Crippen molar-refractivity contribution in [2.24, 2.45) is 0 Å². The normalized spacial score (nSPS) is 12.4. The van der Waals surface area contributed by atoms with E-state index in [1.54, 1.807) is 38.1 Å². The van der Waals surface area contributed by atoms with Gasteiger partial charge in [0.1, 0.15) is 12.7 Å². The van der Waals surface area contributed by atoms with Crippen LogP contribution < -0.4 is 5.32 Å². The molecule has 9 heteroatoms. The van der Waals surface area contributed by atoms with E-state index < -0.39 is 55.1 Å². The lowest BCUT2D eigenvalue weighted by Crippen LogP contribution is -2.47. The summed E-state index contributed by atoms with van der Waals surface area (Å²) in [5.74, 6) is -2.58. The van der Waals surface area contributed by atoms with Crippen LogP contribution in [0.5, 0.6) is 0 Å². The molecule has 0 aliphatic rings. The number of fused-ring (bicyclic) bond motifs is 3. The maximum atomic E-state index is 13.0. The second-order valence-corrected chi connectivity index (χ2v) is 8.51. The number of hydrogen-bond donors (Lipinski definition) is 1. The Morgan fingerprint density at radius 1 is 0.889 bits per heavy atom. The minimum atomic E-state index is -1.43. The lowest BCUT2D eigenvalue weighted by molar-refractivity contribution is -0.149. The second kappa shape index (κ2) is 13.4. The summed E-state index contributed by atoms with van der Waals surface area (Å²) in [5, 5.41) is 3.97. The zero-order valence-corrected chi connectivity index (χ0v) is 21.2. The summed E-state index contributed by atoms with van der Waals surface area (Å²) < 4.78 is 24.6. The van der Waals surface area contributed by atoms with Crippen LogP contribution in [0.1, 0.15) is 47.5 Å². The van der Waals surface area contributed by atoms with Crippen LogP contribution in [0, 0.1) is 0 Å². The van der Waals surface area contributed by atoms with Crippen LogP contribution in [0.25, 0.3) is 21.8 Å². The Hall–Kier alpha value is -3.75. The number of benzene rings is 2. The Labute approximate surface area is 209 Å². The third-order valence-corrected chi connectivity index (χ3v) is 4.98. The molecule has 0 spiro atoms. The van der Waals surface area contributed by atoms with E-state index in [2.05, 4.69) is 19.2 Å². The molecule has 2 unspecified atom stereocenters. The van der Waals surface area contributed by atoms with Crippen LogP contribution in [0.15, 0.2) is 48.5 Å². The highest BCUT2D eigenvalue weighted by Crippen LogP contribution is 2.28. The smallest absolute Gasteiger partial charge is 0.419 e. The number of hydrogen-bond acceptors (Lipinski definition) is 6. The Morgan fingerprint density at radius 2 is 1.39 bits per heavy atom. The van der Waals surface area contributed by atoms with Crippen LogP contribution in [0.4, 0.5) is 9.18 Å². The number of para-hydroxylation sites is 2. The molecular formula is C27H33FN2O6. The second-order valence-electron chi connectivity index (χ2n) is 8.51. The minimum Gasteiger partial charge on any atom is -0.463 e. The Morgan fingerprint density at radius 3 is 1.86 bits per heavy atom. The third kappa shape index (κ3) is 7.13. The van der Waals surface area contributed by atoms with Crippen molar-refractivity contribution >= 4 is 45.6 Å². The van der Waals surface area contributed by atoms with Crippen molar-refractivity contribution in [3.8, 4) is 0 Å². The summed E-state index contributed by atoms with van der Waals surface area (Å²) in [6.45, 7) is 7.46. The van der Waals surface area contributed by atoms with E-state index in [4.69, 9.17) is 9.47 Å². The topological polar surface area (TPSA) is 104 Å². The fourth-order valence-electron chi connectivity index (χ4n) is 3.48. The molecular weight excluding hydrogens is 467 g/mol. The van der Waals surface area contributed by atoms with E-state index in [1.165, 1.54) is 17.9 Å². The van der Waals surface area contributed by atoms with Gasteiger partial charge in [0.15, 0.2) is 11.9 Å². The molecule has 2 aromatic carbocycles. The van der Waals surface area contributed by atoms with Crippen LogP contribution in [-0.2, 0) is 23.9 Å². The van der Waals surface area contributed by atoms with Crippen molar-refractivity contribution in [1.29, 1.82) is 0 Å². The molecule has 194 valence electrons. The molecule has 0 radical (unpaired) electrons. The molecule has 0 aliphatic carbocycles. The van der Waals surface area contributed by atoms with Crippen LogP contribution in [0.3, 0.4) is 0 Å². The monoisotopic (exact) mass is 500 g/mol. The van der Waals surface area contributed by atoms with Gasteiger partial charge in [0.05, 0.1) is 23.6 Å². The molecule has 0 aliphatic heterocycles. The molecule has 0 fully saturated rings. The average Bonchev–Trinajstić information content (AvgIpc) is 3.17. The number of alkyl halides is 1. The summed E-state index contributed by atoms with van der Waals surface area (Å²) in [6, 6.07) is 13.1. The number of carbonyl (C=O) groups is 4. The highest BCUT2D eigenvalue weighted by Gasteiger charge is 2.29. The largest absolute Gasteiger partial charge is 0.463 e. The molecule has 8 nitrogen and oxygen atoms in total. The zero-order chi connectivity index (χ0) is 26.8. The Bertz CT molecular complexity index is 1170. The van der Waals surface area contributed by atoms with E-state index in [1.807, 2.05) is 24.3 Å². The quantitative estimate of drug-likeness (QED) is 0.439. The van der Waals surface area contributed by atoms with Crippen LogP contribution in [-0.4, -0.2) is 53.2 Å². The molecule has 1 heterocycles. The molecule has 3 rings (SSSR count). The number of Topliss-reactive ketones (excluding diaryl/α,β-unsaturated/α-hetero) is 1. The van der Waals surface area contributed by atoms with Crippen LogP contribution >= 0.6 is 0 Å². The van der Waals surface area contributed by atoms with Gasteiger partial charge >= 0.3 is 12.1 Å². The van der Waals surface area contributed by atoms with Gasteiger partial charge in [-0.25, -0.2) is 13.8 Å². The number of aromatic nitrogens is 1. The number of amides is 1. The SMILES string of the molecule is CC(C)OC(=O)CC(NC(=O)C(C)OC(=O)n1c2ccccc2c2ccccc21)C(=O)CF.CCC. The molecule has 1 N–H and O–H groups in total. The van der Waals surface area contributed by atoms with E-state index in [0.29, 0.717) is 11.0 Å². The van der Waals surface area contributed by atoms with Gasteiger partial charge in [0.2, 0.25) is 0 Å². The van der Waals surface area contributed by atoms with E-state index in [-0.39, 0.29) is 0 Å². The van der Waals surface area contributed by atoms with Crippen molar-refractivity contribution in [2.75, 3.05) is 6.67 Å². The van der Waals surface area contributed by atoms with E-state index >= 15 is 0 Å². The first-order chi connectivity index (χ1) is 17.1. The number of carbonyl (C=O) groups excluding carboxylic acids is 4. The number of halogens is 1. The maximum absolute atomic E-state index is 13.0. The predicted octanol–water partition coefficient (Wildman–Crippen LogP) is 4.95. The summed E-state index contributed by atoms with van der Waals surface area (Å²) in [7, 11) is 0. The summed E-state index contributed by atoms with van der Waals surface area (Å²) >= 11 is 0. The summed E-state index contributed by atoms with van der Waals surface area (Å²) in [5.41, 5.74) is 1.22. The van der Waals surface area contributed by atoms with Crippen LogP contribution in [0.2, 0.25) is 0 Å². The standard InChI is InChI=1S/C24H25FN2O6.C3H8/c1-14(2)32-22(29)12-18(21(28)13-25)26-23(30)15(3)33-24(31)27-19-10-6-4-8-16(19)17-9-5-7-11-20(17)27;1-3-2/h4-11,14-15,18H,12-13H2,1-3H3,(H,26,30);3H2,1-2H3. The number of ether oxygens (including phenoxy) is 2. The first kappa shape index (κ1) is 28.5. The maximum Gasteiger partial charge on any atom is 0.419 e. The number of nitrogens with one attached hydrogen (secondary N) is 1. The van der Waals surface area contributed by atoms with Crippen molar-refractivity contribution in [1.82, 2.24) is 9.88 Å². The zero-order valence-electron chi connectivity index (χ0n) is 21.2. The highest BCUT2D eigenvalue weighted by atomic mass is 19.1. The third-order valence-electron chi connectivity index (χ3n) is 4.98. The molecule has 0 saturated heterocycles. The summed E-state index contributed by atoms with van der Waals surface area (Å²) in [6.07, 6.45) is -1.81. The lowest BCUT2D eigenvalue weighted by Gasteiger charge is -2.20. The fraction of sp³-hybridized carbons (Fsp3) is 0.407. The highest BCUT2D eigenvalue weighted by molar-refractivity contribution is 6.12. The Kier molecular flexibility index (Phi) is 10.6. The van der Waals surface area contributed by atoms with Gasteiger partial charge < -0.3 is 14.8 Å². The van der Waals surface area contributed by atoms with Gasteiger partial charge in [0, 0.05) is 10.8 Å². The predicted molar refractivity (Wildman–Crippen MR) is 136 cm³/mol. The van der Waals surface area contributed by atoms with Gasteiger partial charge in [-0.1, -0.05) is 56.7 Å². The van der Waals surface area contributed by atoms with Gasteiger partial charge in [-0.2, -0.15) is 0 Å². The molecule has 36 heavy (non-hydrogen) atoms. The number of nitrogens with zero attached hydrogens (tertiary/aromatic N) is 1. The van der Waals surface area contributed by atoms with Crippen molar-refractivity contribution in [2.45, 2.75) is 65.7 Å². The number of ketones is 1. The number of rotatable bonds is 8. The molecule has 1 aromatic heterocycles. The Balaban J connectivity index is 0.00000145. The summed E-state index contributed by atoms with van der Waals surface area (Å²) in [4.78, 5) is 49.3. The van der Waals surface area contributed by atoms with E-state index in [9.17, 15) is 23.6 Å². The average molecular weight is 501 g/mol. The first-order valence-corrected chi connectivity index (χ1v) is 11.9. The van der Waals surface area contributed by atoms with Crippen molar-refractivity contribution in [3.05, 3.63) is 48.5 Å². The molecule has 2 atom stereocenters. The molecule has 0 bridgehead atoms. The molecule has 0 saturated carbocycles. The lowest BCUT2D eigenvalue weighted by atomic mass is 10.1. The fourth-order valence-corrected chi connectivity index (χ4v) is 3.48. The van der Waals surface area contributed by atoms with E-state index in [0.717, 1.165) is 10.8 Å². The van der Waals surface area contributed by atoms with Crippen molar-refractivity contribution < 1.29 is 33.0 Å². The van der Waals surface area contributed by atoms with Gasteiger partial charge in [-0.05, 0) is 32.9 Å². The minimum absolute atomic E-state index is 0.430. The number of esters is 1. The van der Waals surface area contributed by atoms with Gasteiger partial charge in [0.25, 0.3) is 5.91 Å².